The minimum atomic E-state index is 0. The zero-order valence-electron chi connectivity index (χ0n) is 14.9. The van der Waals surface area contributed by atoms with Gasteiger partial charge in [0, 0.05) is 24.5 Å². The zero-order chi connectivity index (χ0) is 16.4. The van der Waals surface area contributed by atoms with Crippen LogP contribution in [0, 0.1) is 5.92 Å². The van der Waals surface area contributed by atoms with E-state index >= 15 is 0 Å². The molecule has 2 saturated carbocycles. The van der Waals surface area contributed by atoms with Crippen molar-refractivity contribution < 1.29 is 4.79 Å². The SMILES string of the molecule is CC(C)c1ccc(CN(C(=O)C2CCCC(N)C2)C2CC2)cc1.Cl. The van der Waals surface area contributed by atoms with Gasteiger partial charge >= 0.3 is 0 Å². The number of nitrogens with two attached hydrogens (primary N) is 1. The minimum Gasteiger partial charge on any atom is -0.335 e. The van der Waals surface area contributed by atoms with Crippen molar-refractivity contribution in [2.75, 3.05) is 0 Å². The molecule has 2 atom stereocenters. The number of rotatable bonds is 5. The highest BCUT2D eigenvalue weighted by atomic mass is 35.5. The van der Waals surface area contributed by atoms with Crippen LogP contribution in [-0.2, 0) is 11.3 Å². The molecule has 1 amide bonds. The highest BCUT2D eigenvalue weighted by Gasteiger charge is 2.37. The number of hydrogen-bond acceptors (Lipinski definition) is 2. The number of benzene rings is 1. The molecule has 0 aliphatic heterocycles. The van der Waals surface area contributed by atoms with Gasteiger partial charge in [-0.2, -0.15) is 0 Å². The molecule has 0 aromatic heterocycles. The van der Waals surface area contributed by atoms with Crippen molar-refractivity contribution in [3.8, 4) is 0 Å². The first kappa shape index (κ1) is 19.3. The van der Waals surface area contributed by atoms with Gasteiger partial charge in [0.15, 0.2) is 0 Å². The Hall–Kier alpha value is -1.06. The first-order chi connectivity index (χ1) is 11.0. The number of nitrogens with zero attached hydrogens (tertiary/aromatic N) is 1. The van der Waals surface area contributed by atoms with Gasteiger partial charge in [-0.25, -0.2) is 0 Å². The molecule has 2 aliphatic carbocycles. The number of carbonyl (C=O) groups excluding carboxylic acids is 1. The molecule has 2 fully saturated rings. The first-order valence-electron chi connectivity index (χ1n) is 9.19. The van der Waals surface area contributed by atoms with Crippen LogP contribution in [0.4, 0.5) is 0 Å². The van der Waals surface area contributed by atoms with Crippen LogP contribution in [0.2, 0.25) is 0 Å². The van der Waals surface area contributed by atoms with E-state index in [0.29, 0.717) is 17.9 Å². The van der Waals surface area contributed by atoms with Gasteiger partial charge in [0.1, 0.15) is 0 Å². The van der Waals surface area contributed by atoms with E-state index in [4.69, 9.17) is 5.73 Å². The molecule has 0 radical (unpaired) electrons. The molecule has 1 aromatic rings. The smallest absolute Gasteiger partial charge is 0.226 e. The van der Waals surface area contributed by atoms with Crippen LogP contribution in [0.5, 0.6) is 0 Å². The van der Waals surface area contributed by atoms with Gasteiger partial charge in [-0.15, -0.1) is 12.4 Å². The molecule has 1 aromatic carbocycles. The average molecular weight is 351 g/mol. The summed E-state index contributed by atoms with van der Waals surface area (Å²) in [6.07, 6.45) is 6.38. The first-order valence-corrected chi connectivity index (χ1v) is 9.19. The molecule has 2 aliphatic rings. The van der Waals surface area contributed by atoms with E-state index in [1.807, 2.05) is 0 Å². The normalized spacial score (nSPS) is 23.7. The Morgan fingerprint density at radius 1 is 1.17 bits per heavy atom. The lowest BCUT2D eigenvalue weighted by molar-refractivity contribution is -0.138. The van der Waals surface area contributed by atoms with Gasteiger partial charge in [-0.1, -0.05) is 44.5 Å². The Balaban J connectivity index is 0.00000208. The lowest BCUT2D eigenvalue weighted by atomic mass is 9.85. The third-order valence-electron chi connectivity index (χ3n) is 5.33. The molecule has 0 heterocycles. The fourth-order valence-corrected chi connectivity index (χ4v) is 3.66. The fourth-order valence-electron chi connectivity index (χ4n) is 3.66. The van der Waals surface area contributed by atoms with E-state index in [2.05, 4.69) is 43.0 Å². The Kier molecular flexibility index (Phi) is 6.70. The Morgan fingerprint density at radius 2 is 1.83 bits per heavy atom. The second-order valence-electron chi connectivity index (χ2n) is 7.72. The second-order valence-corrected chi connectivity index (χ2v) is 7.72. The van der Waals surface area contributed by atoms with Crippen molar-refractivity contribution >= 4 is 18.3 Å². The summed E-state index contributed by atoms with van der Waals surface area (Å²) in [6.45, 7) is 5.18. The summed E-state index contributed by atoms with van der Waals surface area (Å²) in [5.41, 5.74) is 8.68. The highest BCUT2D eigenvalue weighted by Crippen LogP contribution is 2.33. The predicted octanol–water partition coefficient (Wildman–Crippen LogP) is 4.24. The maximum absolute atomic E-state index is 13.0. The third-order valence-corrected chi connectivity index (χ3v) is 5.33. The van der Waals surface area contributed by atoms with Crippen molar-refractivity contribution in [2.45, 2.75) is 76.9 Å². The zero-order valence-corrected chi connectivity index (χ0v) is 15.7. The molecular formula is C20H31ClN2O. The van der Waals surface area contributed by atoms with E-state index < -0.39 is 0 Å². The van der Waals surface area contributed by atoms with Crippen LogP contribution in [-0.4, -0.2) is 22.9 Å². The summed E-state index contributed by atoms with van der Waals surface area (Å²) in [5, 5.41) is 0. The minimum absolute atomic E-state index is 0. The quantitative estimate of drug-likeness (QED) is 0.863. The molecular weight excluding hydrogens is 320 g/mol. The molecule has 2 N–H and O–H groups in total. The molecule has 3 nitrogen and oxygen atoms in total. The van der Waals surface area contributed by atoms with E-state index in [-0.39, 0.29) is 24.4 Å². The number of amides is 1. The Morgan fingerprint density at radius 3 is 2.38 bits per heavy atom. The molecule has 4 heteroatoms. The summed E-state index contributed by atoms with van der Waals surface area (Å²) in [5.74, 6) is 1.04. The number of hydrogen-bond donors (Lipinski definition) is 1. The maximum Gasteiger partial charge on any atom is 0.226 e. The van der Waals surface area contributed by atoms with Crippen molar-refractivity contribution in [1.82, 2.24) is 4.90 Å². The van der Waals surface area contributed by atoms with Crippen molar-refractivity contribution in [3.63, 3.8) is 0 Å². The van der Waals surface area contributed by atoms with Crippen molar-refractivity contribution in [3.05, 3.63) is 35.4 Å². The molecule has 134 valence electrons. The standard InChI is InChI=1S/C20H30N2O.ClH/c1-14(2)16-8-6-15(7-9-16)13-22(19-10-11-19)20(23)17-4-3-5-18(21)12-17;/h6-9,14,17-19H,3-5,10-13,21H2,1-2H3;1H. The molecule has 2 unspecified atom stereocenters. The van der Waals surface area contributed by atoms with Crippen LogP contribution < -0.4 is 5.73 Å². The lowest BCUT2D eigenvalue weighted by Crippen LogP contribution is -2.41. The number of carbonyl (C=O) groups is 1. The molecule has 24 heavy (non-hydrogen) atoms. The third kappa shape index (κ3) is 4.73. The van der Waals surface area contributed by atoms with Gasteiger partial charge in [0.2, 0.25) is 5.91 Å². The second kappa shape index (κ2) is 8.35. The molecule has 0 saturated heterocycles. The fraction of sp³-hybridized carbons (Fsp3) is 0.650. The van der Waals surface area contributed by atoms with Crippen LogP contribution in [0.1, 0.15) is 69.4 Å². The van der Waals surface area contributed by atoms with Crippen molar-refractivity contribution in [1.29, 1.82) is 0 Å². The molecule has 3 rings (SSSR count). The van der Waals surface area contributed by atoms with E-state index in [1.54, 1.807) is 0 Å². The van der Waals surface area contributed by atoms with E-state index in [0.717, 1.165) is 45.1 Å². The summed E-state index contributed by atoms with van der Waals surface area (Å²) in [6, 6.07) is 9.45. The average Bonchev–Trinajstić information content (AvgIpc) is 3.37. The highest BCUT2D eigenvalue weighted by molar-refractivity contribution is 5.85. The summed E-state index contributed by atoms with van der Waals surface area (Å²) in [4.78, 5) is 15.1. The Labute approximate surface area is 152 Å². The Bertz CT molecular complexity index is 539. The van der Waals surface area contributed by atoms with Crippen LogP contribution >= 0.6 is 12.4 Å². The molecule has 0 bridgehead atoms. The van der Waals surface area contributed by atoms with Gasteiger partial charge in [-0.3, -0.25) is 4.79 Å². The summed E-state index contributed by atoms with van der Waals surface area (Å²) >= 11 is 0. The van der Waals surface area contributed by atoms with Crippen LogP contribution in [0.25, 0.3) is 0 Å². The lowest BCUT2D eigenvalue weighted by Gasteiger charge is -2.31. The van der Waals surface area contributed by atoms with Gasteiger partial charge in [0.25, 0.3) is 0 Å². The maximum atomic E-state index is 13.0. The van der Waals surface area contributed by atoms with Crippen LogP contribution in [0.15, 0.2) is 24.3 Å². The summed E-state index contributed by atoms with van der Waals surface area (Å²) in [7, 11) is 0. The van der Waals surface area contributed by atoms with Crippen molar-refractivity contribution in [2.24, 2.45) is 11.7 Å². The van der Waals surface area contributed by atoms with E-state index in [1.165, 1.54) is 11.1 Å². The molecule has 0 spiro atoms. The number of halogens is 1. The topological polar surface area (TPSA) is 46.3 Å². The predicted molar refractivity (Wildman–Crippen MR) is 101 cm³/mol. The monoisotopic (exact) mass is 350 g/mol. The van der Waals surface area contributed by atoms with Gasteiger partial charge < -0.3 is 10.6 Å². The van der Waals surface area contributed by atoms with Crippen LogP contribution in [0.3, 0.4) is 0 Å². The largest absolute Gasteiger partial charge is 0.335 e. The van der Waals surface area contributed by atoms with Gasteiger partial charge in [-0.05, 0) is 49.1 Å². The van der Waals surface area contributed by atoms with E-state index in [9.17, 15) is 4.79 Å². The summed E-state index contributed by atoms with van der Waals surface area (Å²) < 4.78 is 0. The van der Waals surface area contributed by atoms with Gasteiger partial charge in [0.05, 0.1) is 0 Å².